The number of ether oxygens (including phenoxy) is 2. The molecular weight excluding hydrogens is 1050 g/mol. The van der Waals surface area contributed by atoms with Crippen molar-refractivity contribution in [1.82, 2.24) is 34.4 Å². The summed E-state index contributed by atoms with van der Waals surface area (Å²) in [5.74, 6) is 0. The fraction of sp³-hybridized carbons (Fsp3) is 0.917. The van der Waals surface area contributed by atoms with Crippen LogP contribution in [0, 0.1) is 30.6 Å². The van der Waals surface area contributed by atoms with Crippen LogP contribution in [0.2, 0.25) is 0 Å². The van der Waals surface area contributed by atoms with Crippen molar-refractivity contribution in [3.63, 3.8) is 0 Å². The minimum atomic E-state index is -1.75. The Balaban J connectivity index is -0.0000000853. The predicted octanol–water partition coefficient (Wildman–Crippen LogP) is -1.33. The monoisotopic (exact) mass is 1110 g/mol. The third-order valence-electron chi connectivity index (χ3n) is 5.33. The van der Waals surface area contributed by atoms with Crippen molar-refractivity contribution >= 4 is 12.2 Å². The van der Waals surface area contributed by atoms with Gasteiger partial charge in [-0.3, -0.25) is 0 Å². The van der Waals surface area contributed by atoms with Crippen molar-refractivity contribution in [2.24, 2.45) is 11.5 Å². The standard InChI is InChI=1S/C24H50N4O4.2ClH.2NO3.4H3N.2Pt/c1-3-5-7-11-21-31-23(29)27(19-13-15-25)17-9-10-18-28(20-14-16-26)24(30)32-22-12-8-6-4-2;;;2*2-1(3)4;;;;;;/h3-22,25-26H2,1-2H3;2*1H;;;4*1H3;;/q;;;2*-1;;;;;2*+2/p-2. The first kappa shape index (κ1) is 76.5. The van der Waals surface area contributed by atoms with Crippen molar-refractivity contribution < 1.29 is 96.2 Å². The number of nitrogens with zero attached hydrogens (tertiary/aromatic N) is 4. The van der Waals surface area contributed by atoms with Crippen LogP contribution < -0.4 is 60.9 Å². The molecule has 0 fully saturated rings. The molecule has 0 aliphatic heterocycles. The van der Waals surface area contributed by atoms with E-state index in [9.17, 15) is 9.59 Å². The van der Waals surface area contributed by atoms with Gasteiger partial charge >= 0.3 is 54.3 Å². The molecule has 20 nitrogen and oxygen atoms in total. The molecule has 48 heavy (non-hydrogen) atoms. The number of carbonyl (C=O) groups excluding carboxylic acids is 2. The van der Waals surface area contributed by atoms with Crippen LogP contribution in [0.15, 0.2) is 0 Å². The largest absolute Gasteiger partial charge is 2.00 e. The van der Waals surface area contributed by atoms with Crippen LogP contribution in [0.4, 0.5) is 9.59 Å². The molecule has 0 radical (unpaired) electrons. The zero-order valence-corrected chi connectivity index (χ0v) is 34.4. The van der Waals surface area contributed by atoms with Crippen LogP contribution in [-0.2, 0) is 51.6 Å². The molecule has 0 rings (SSSR count). The van der Waals surface area contributed by atoms with Crippen LogP contribution in [-0.4, -0.2) is 84.6 Å². The average molecular weight is 1110 g/mol. The zero-order chi connectivity index (χ0) is 31.0. The Labute approximate surface area is 326 Å². The van der Waals surface area contributed by atoms with Gasteiger partial charge in [0.1, 0.15) is 0 Å². The van der Waals surface area contributed by atoms with Gasteiger partial charge in [0.15, 0.2) is 0 Å². The van der Waals surface area contributed by atoms with E-state index in [0.717, 1.165) is 77.0 Å². The molecule has 0 bridgehead atoms. The number of rotatable bonds is 21. The van der Waals surface area contributed by atoms with E-state index in [1.165, 1.54) is 0 Å². The van der Waals surface area contributed by atoms with Gasteiger partial charge in [-0.05, 0) is 51.6 Å². The van der Waals surface area contributed by atoms with Crippen molar-refractivity contribution in [3.8, 4) is 0 Å². The van der Waals surface area contributed by atoms with E-state index < -0.39 is 10.2 Å². The maximum absolute atomic E-state index is 12.4. The minimum absolute atomic E-state index is 0. The molecule has 0 unspecified atom stereocenters. The molecule has 0 aromatic carbocycles. The summed E-state index contributed by atoms with van der Waals surface area (Å²) in [6.45, 7) is 8.73. The number of hydrogen-bond acceptors (Lipinski definition) is 16. The second kappa shape index (κ2) is 60.9. The molecule has 0 aliphatic rings. The summed E-state index contributed by atoms with van der Waals surface area (Å²) in [6.07, 6.45) is 11.2. The molecule has 0 saturated carbocycles. The van der Waals surface area contributed by atoms with E-state index in [-0.39, 0.29) is 104 Å². The van der Waals surface area contributed by atoms with Gasteiger partial charge in [-0.2, -0.15) is 0 Å². The first-order valence-corrected chi connectivity index (χ1v) is 13.9. The molecule has 16 N–H and O–H groups in total. The number of amides is 2. The summed E-state index contributed by atoms with van der Waals surface area (Å²) in [5, 5.41) is 29.5. The summed E-state index contributed by atoms with van der Waals surface area (Å²) < 4.78 is 10.9. The molecule has 24 heteroatoms. The second-order valence-electron chi connectivity index (χ2n) is 8.76. The average Bonchev–Trinajstić information content (AvgIpc) is 2.88. The van der Waals surface area contributed by atoms with Gasteiger partial charge < -0.3 is 111 Å². The Morgan fingerprint density at radius 3 is 1.02 bits per heavy atom. The number of unbranched alkanes of at least 4 members (excludes halogenated alkanes) is 7. The summed E-state index contributed by atoms with van der Waals surface area (Å²) in [5.41, 5.74) is 11.3. The van der Waals surface area contributed by atoms with Crippen LogP contribution in [0.3, 0.4) is 0 Å². The van der Waals surface area contributed by atoms with E-state index in [0.29, 0.717) is 52.5 Å². The van der Waals surface area contributed by atoms with E-state index >= 15 is 0 Å². The fourth-order valence-electron chi connectivity index (χ4n) is 3.32. The SMILES string of the molecule is CCCCCCOC(=O)N(CCCN)CCCCN(CCCN)C(=O)OCCCCCC.N.N.N.N.O=[N+]([O-])[O-].O=[N+]([O-])[O-].[Cl-].[Cl-].[Pt+2].[Pt+2]. The van der Waals surface area contributed by atoms with E-state index in [2.05, 4.69) is 13.8 Å². The van der Waals surface area contributed by atoms with Gasteiger partial charge in [-0.1, -0.05) is 52.4 Å². The molecule has 0 spiro atoms. The third kappa shape index (κ3) is 66.9. The van der Waals surface area contributed by atoms with Crippen LogP contribution >= 0.6 is 0 Å². The molecule has 0 aromatic heterocycles. The topological polar surface area (TPSA) is 384 Å². The van der Waals surface area contributed by atoms with Gasteiger partial charge in [-0.15, -0.1) is 0 Å². The predicted molar refractivity (Wildman–Crippen MR) is 172 cm³/mol. The third-order valence-corrected chi connectivity index (χ3v) is 5.33. The normalized spacial score (nSPS) is 8.17. The van der Waals surface area contributed by atoms with E-state index in [4.69, 9.17) is 51.6 Å². The van der Waals surface area contributed by atoms with E-state index in [1.807, 2.05) is 0 Å². The smallest absolute Gasteiger partial charge is 1.00 e. The van der Waals surface area contributed by atoms with E-state index in [1.54, 1.807) is 9.80 Å². The molecule has 2 amide bonds. The quantitative estimate of drug-likeness (QED) is 0.0441. The molecule has 302 valence electrons. The van der Waals surface area contributed by atoms with Gasteiger partial charge in [0.05, 0.1) is 23.4 Å². The van der Waals surface area contributed by atoms with Crippen molar-refractivity contribution in [2.45, 2.75) is 90.9 Å². The molecular formula is C24H62Cl2N10O10Pt2. The maximum Gasteiger partial charge on any atom is 2.00 e. The molecule has 0 saturated heterocycles. The molecule has 0 heterocycles. The van der Waals surface area contributed by atoms with Crippen molar-refractivity contribution in [3.05, 3.63) is 30.6 Å². The fourth-order valence-corrected chi connectivity index (χ4v) is 3.32. The van der Waals surface area contributed by atoms with Gasteiger partial charge in [0.25, 0.3) is 0 Å². The Bertz CT molecular complexity index is 604. The minimum Gasteiger partial charge on any atom is -1.00 e. The Kier molecular flexibility index (Phi) is 97.1. The first-order chi connectivity index (χ1) is 19.1. The Hall–Kier alpha value is -1.34. The number of carbonyl (C=O) groups is 2. The zero-order valence-electron chi connectivity index (χ0n) is 28.4. The Morgan fingerprint density at radius 1 is 0.542 bits per heavy atom. The van der Waals surface area contributed by atoms with Crippen LogP contribution in [0.1, 0.15) is 90.9 Å². The summed E-state index contributed by atoms with van der Waals surface area (Å²) in [4.78, 5) is 44.8. The van der Waals surface area contributed by atoms with Gasteiger partial charge in [0, 0.05) is 26.2 Å². The van der Waals surface area contributed by atoms with Gasteiger partial charge in [0.2, 0.25) is 0 Å². The maximum atomic E-state index is 12.4. The van der Waals surface area contributed by atoms with Crippen LogP contribution in [0.5, 0.6) is 0 Å². The van der Waals surface area contributed by atoms with Crippen LogP contribution in [0.25, 0.3) is 0 Å². The van der Waals surface area contributed by atoms with Crippen molar-refractivity contribution in [2.75, 3.05) is 52.5 Å². The van der Waals surface area contributed by atoms with Crippen molar-refractivity contribution in [1.29, 1.82) is 0 Å². The van der Waals surface area contributed by atoms with Gasteiger partial charge in [-0.25, -0.2) is 9.59 Å². The summed E-state index contributed by atoms with van der Waals surface area (Å²) in [6, 6.07) is 0. The molecule has 0 atom stereocenters. The summed E-state index contributed by atoms with van der Waals surface area (Å²) >= 11 is 0. The number of nitrogens with two attached hydrogens (primary N) is 2. The summed E-state index contributed by atoms with van der Waals surface area (Å²) in [7, 11) is 0. The number of hydrogen-bond donors (Lipinski definition) is 6. The molecule has 0 aliphatic carbocycles. The first-order valence-electron chi connectivity index (χ1n) is 13.9. The molecule has 0 aromatic rings. The second-order valence-corrected chi connectivity index (χ2v) is 8.76. The Morgan fingerprint density at radius 2 is 0.792 bits per heavy atom. The number of halogens is 2.